The summed E-state index contributed by atoms with van der Waals surface area (Å²) >= 11 is 6.20. The van der Waals surface area contributed by atoms with Crippen molar-refractivity contribution in [3.63, 3.8) is 0 Å². The Balaban J connectivity index is 2.16. The number of benzene rings is 1. The van der Waals surface area contributed by atoms with Crippen LogP contribution in [0.25, 0.3) is 6.08 Å². The van der Waals surface area contributed by atoms with Crippen molar-refractivity contribution >= 4 is 23.6 Å². The highest BCUT2D eigenvalue weighted by molar-refractivity contribution is 6.32. The summed E-state index contributed by atoms with van der Waals surface area (Å²) in [6.07, 6.45) is 4.02. The second kappa shape index (κ2) is 6.39. The smallest absolute Gasteiger partial charge is 0.244 e. The normalized spacial score (nSPS) is 14.9. The Bertz CT molecular complexity index is 561. The second-order valence-electron chi connectivity index (χ2n) is 5.95. The molecule has 0 aromatic heterocycles. The standard InChI is InChI=1S/C16H20ClNO3/c1-16(2,3)18-14(19)6-5-11-9-12(17)15-13(10-11)20-7-4-8-21-15/h5-6,9-10H,4,7-8H2,1-3H3,(H,18,19)/b6-5+. The lowest BCUT2D eigenvalue weighted by atomic mass is 10.1. The highest BCUT2D eigenvalue weighted by Crippen LogP contribution is 2.38. The van der Waals surface area contributed by atoms with Crippen LogP contribution in [0.15, 0.2) is 18.2 Å². The molecular formula is C16H20ClNO3. The molecule has 0 spiro atoms. The molecule has 0 fully saturated rings. The van der Waals surface area contributed by atoms with Crippen LogP contribution >= 0.6 is 11.6 Å². The Morgan fingerprint density at radius 3 is 2.71 bits per heavy atom. The van der Waals surface area contributed by atoms with E-state index in [0.717, 1.165) is 12.0 Å². The first-order valence-electron chi connectivity index (χ1n) is 6.94. The molecule has 1 aliphatic heterocycles. The summed E-state index contributed by atoms with van der Waals surface area (Å²) in [5.41, 5.74) is 0.539. The topological polar surface area (TPSA) is 47.6 Å². The third kappa shape index (κ3) is 4.67. The lowest BCUT2D eigenvalue weighted by Gasteiger charge is -2.19. The van der Waals surface area contributed by atoms with Gasteiger partial charge in [-0.25, -0.2) is 0 Å². The van der Waals surface area contributed by atoms with E-state index in [1.165, 1.54) is 6.08 Å². The number of ether oxygens (including phenoxy) is 2. The van der Waals surface area contributed by atoms with E-state index in [2.05, 4.69) is 5.32 Å². The second-order valence-corrected chi connectivity index (χ2v) is 6.36. The van der Waals surface area contributed by atoms with Gasteiger partial charge in [-0.15, -0.1) is 0 Å². The molecule has 1 aromatic carbocycles. The number of nitrogens with one attached hydrogen (secondary N) is 1. The zero-order valence-electron chi connectivity index (χ0n) is 12.5. The fraction of sp³-hybridized carbons (Fsp3) is 0.438. The molecule has 21 heavy (non-hydrogen) atoms. The Kier molecular flexibility index (Phi) is 4.78. The fourth-order valence-electron chi connectivity index (χ4n) is 1.93. The van der Waals surface area contributed by atoms with Crippen molar-refractivity contribution in [2.24, 2.45) is 0 Å². The van der Waals surface area contributed by atoms with Crippen molar-refractivity contribution in [3.05, 3.63) is 28.8 Å². The van der Waals surface area contributed by atoms with Crippen molar-refractivity contribution < 1.29 is 14.3 Å². The van der Waals surface area contributed by atoms with Gasteiger partial charge in [0.25, 0.3) is 0 Å². The molecule has 0 saturated carbocycles. The van der Waals surface area contributed by atoms with E-state index < -0.39 is 0 Å². The van der Waals surface area contributed by atoms with Gasteiger partial charge in [0.2, 0.25) is 5.91 Å². The van der Waals surface area contributed by atoms with Crippen LogP contribution in [0, 0.1) is 0 Å². The number of hydrogen-bond acceptors (Lipinski definition) is 3. The predicted octanol–water partition coefficient (Wildman–Crippen LogP) is 3.43. The summed E-state index contributed by atoms with van der Waals surface area (Å²) in [5.74, 6) is 1.05. The van der Waals surface area contributed by atoms with E-state index in [4.69, 9.17) is 21.1 Å². The van der Waals surface area contributed by atoms with Gasteiger partial charge in [-0.05, 0) is 44.5 Å². The molecule has 0 radical (unpaired) electrons. The maximum atomic E-state index is 11.8. The maximum Gasteiger partial charge on any atom is 0.244 e. The zero-order valence-corrected chi connectivity index (χ0v) is 13.3. The molecule has 1 heterocycles. The minimum Gasteiger partial charge on any atom is -0.489 e. The Labute approximate surface area is 130 Å². The summed E-state index contributed by atoms with van der Waals surface area (Å²) < 4.78 is 11.2. The number of halogens is 1. The summed E-state index contributed by atoms with van der Waals surface area (Å²) in [5, 5.41) is 3.35. The van der Waals surface area contributed by atoms with Crippen molar-refractivity contribution in [1.82, 2.24) is 5.32 Å². The van der Waals surface area contributed by atoms with Gasteiger partial charge >= 0.3 is 0 Å². The van der Waals surface area contributed by atoms with Crippen molar-refractivity contribution in [2.75, 3.05) is 13.2 Å². The van der Waals surface area contributed by atoms with Crippen molar-refractivity contribution in [1.29, 1.82) is 0 Å². The van der Waals surface area contributed by atoms with Crippen LogP contribution in [-0.4, -0.2) is 24.7 Å². The number of carbonyl (C=O) groups excluding carboxylic acids is 1. The largest absolute Gasteiger partial charge is 0.489 e. The monoisotopic (exact) mass is 309 g/mol. The summed E-state index contributed by atoms with van der Waals surface area (Å²) in [4.78, 5) is 11.8. The number of carbonyl (C=O) groups is 1. The highest BCUT2D eigenvalue weighted by Gasteiger charge is 2.15. The van der Waals surface area contributed by atoms with Crippen LogP contribution < -0.4 is 14.8 Å². The minimum atomic E-state index is -0.260. The van der Waals surface area contributed by atoms with Gasteiger partial charge in [0.1, 0.15) is 0 Å². The van der Waals surface area contributed by atoms with Gasteiger partial charge in [-0.2, -0.15) is 0 Å². The maximum absolute atomic E-state index is 11.8. The quantitative estimate of drug-likeness (QED) is 0.851. The zero-order chi connectivity index (χ0) is 15.5. The first kappa shape index (κ1) is 15.7. The lowest BCUT2D eigenvalue weighted by molar-refractivity contribution is -0.117. The average molecular weight is 310 g/mol. The number of fused-ring (bicyclic) bond motifs is 1. The molecule has 1 aromatic rings. The van der Waals surface area contributed by atoms with E-state index in [1.54, 1.807) is 12.1 Å². The van der Waals surface area contributed by atoms with Crippen LogP contribution in [-0.2, 0) is 4.79 Å². The Morgan fingerprint density at radius 2 is 2.00 bits per heavy atom. The van der Waals surface area contributed by atoms with E-state index >= 15 is 0 Å². The van der Waals surface area contributed by atoms with Gasteiger partial charge in [-0.3, -0.25) is 4.79 Å². The molecule has 0 atom stereocenters. The lowest BCUT2D eigenvalue weighted by Crippen LogP contribution is -2.39. The molecule has 0 bridgehead atoms. The Hall–Kier alpha value is -1.68. The van der Waals surface area contributed by atoms with Crippen LogP contribution in [0.4, 0.5) is 0 Å². The molecule has 1 aliphatic rings. The average Bonchev–Trinajstić information content (AvgIpc) is 2.60. The summed E-state index contributed by atoms with van der Waals surface area (Å²) in [6, 6.07) is 3.59. The fourth-order valence-corrected chi connectivity index (χ4v) is 2.20. The molecule has 0 saturated heterocycles. The third-order valence-electron chi connectivity index (χ3n) is 2.75. The Morgan fingerprint density at radius 1 is 1.29 bits per heavy atom. The van der Waals surface area contributed by atoms with Gasteiger partial charge in [0.15, 0.2) is 11.5 Å². The van der Waals surface area contributed by atoms with E-state index in [1.807, 2.05) is 26.8 Å². The minimum absolute atomic E-state index is 0.147. The number of amides is 1. The van der Waals surface area contributed by atoms with Crippen LogP contribution in [0.3, 0.4) is 0 Å². The van der Waals surface area contributed by atoms with Gasteiger partial charge in [0, 0.05) is 18.0 Å². The molecule has 1 N–H and O–H groups in total. The van der Waals surface area contributed by atoms with Gasteiger partial charge < -0.3 is 14.8 Å². The number of rotatable bonds is 2. The molecule has 4 nitrogen and oxygen atoms in total. The molecule has 1 amide bonds. The van der Waals surface area contributed by atoms with Gasteiger partial charge in [-0.1, -0.05) is 11.6 Å². The molecule has 0 aliphatic carbocycles. The van der Waals surface area contributed by atoms with Gasteiger partial charge in [0.05, 0.1) is 18.2 Å². The van der Waals surface area contributed by atoms with E-state index in [0.29, 0.717) is 29.7 Å². The van der Waals surface area contributed by atoms with Crippen LogP contribution in [0.1, 0.15) is 32.8 Å². The third-order valence-corrected chi connectivity index (χ3v) is 3.03. The van der Waals surface area contributed by atoms with Crippen molar-refractivity contribution in [3.8, 4) is 11.5 Å². The van der Waals surface area contributed by atoms with Crippen molar-refractivity contribution in [2.45, 2.75) is 32.7 Å². The molecule has 0 unspecified atom stereocenters. The summed E-state index contributed by atoms with van der Waals surface area (Å²) in [6.45, 7) is 6.99. The SMILES string of the molecule is CC(C)(C)NC(=O)/C=C/c1cc(Cl)c2c(c1)OCCCO2. The first-order valence-corrected chi connectivity index (χ1v) is 7.32. The molecular weight excluding hydrogens is 290 g/mol. The van der Waals surface area contributed by atoms with Crippen LogP contribution in [0.2, 0.25) is 5.02 Å². The van der Waals surface area contributed by atoms with E-state index in [9.17, 15) is 4.79 Å². The molecule has 2 rings (SSSR count). The summed E-state index contributed by atoms with van der Waals surface area (Å²) in [7, 11) is 0. The van der Waals surface area contributed by atoms with Crippen LogP contribution in [0.5, 0.6) is 11.5 Å². The predicted molar refractivity (Wildman–Crippen MR) is 84.0 cm³/mol. The van der Waals surface area contributed by atoms with E-state index in [-0.39, 0.29) is 11.4 Å². The first-order chi connectivity index (χ1) is 9.85. The highest BCUT2D eigenvalue weighted by atomic mass is 35.5. The molecule has 114 valence electrons. The number of hydrogen-bond donors (Lipinski definition) is 1. The molecule has 5 heteroatoms.